The van der Waals surface area contributed by atoms with Gasteiger partial charge in [-0.05, 0) is 6.26 Å². The molecule has 0 saturated heterocycles. The number of rotatable bonds is 2. The van der Waals surface area contributed by atoms with Gasteiger partial charge in [-0.15, -0.1) is 16.2 Å². The van der Waals surface area contributed by atoms with Crippen LogP contribution in [-0.2, 0) is 4.74 Å². The molecule has 1 rings (SSSR count). The van der Waals surface area contributed by atoms with Gasteiger partial charge in [0.1, 0.15) is 0 Å². The van der Waals surface area contributed by atoms with Gasteiger partial charge >= 0.3 is 12.1 Å². The van der Waals surface area contributed by atoms with E-state index in [-0.39, 0.29) is 11.4 Å². The summed E-state index contributed by atoms with van der Waals surface area (Å²) in [4.78, 5) is 28.5. The second-order valence-corrected chi connectivity index (χ2v) is 5.32. The summed E-state index contributed by atoms with van der Waals surface area (Å²) in [6, 6.07) is -0.491. The molecular weight excluding hydrogens is 288 g/mol. The molecular formula is C10H12N4O3S2. The van der Waals surface area contributed by atoms with Crippen molar-refractivity contribution in [1.29, 1.82) is 0 Å². The largest absolute Gasteiger partial charge is 0.438 e. The van der Waals surface area contributed by atoms with Crippen LogP contribution in [-0.4, -0.2) is 53.8 Å². The monoisotopic (exact) mass is 300 g/mol. The average molecular weight is 300 g/mol. The minimum Gasteiger partial charge on any atom is -0.435 e. The van der Waals surface area contributed by atoms with Crippen LogP contribution in [0.1, 0.15) is 0 Å². The Hall–Kier alpha value is -1.79. The number of carbonyl (C=O) groups excluding carboxylic acids is 2. The number of thioether (sulfide) groups is 1. The molecule has 9 heteroatoms. The summed E-state index contributed by atoms with van der Waals surface area (Å²) >= 11 is 2.45. The van der Waals surface area contributed by atoms with Gasteiger partial charge in [0.2, 0.25) is 4.80 Å². The molecule has 0 spiro atoms. The summed E-state index contributed by atoms with van der Waals surface area (Å²) in [6.07, 6.45) is 6.04. The molecule has 0 bridgehead atoms. The van der Waals surface area contributed by atoms with E-state index in [1.165, 1.54) is 16.7 Å². The first-order valence-corrected chi connectivity index (χ1v) is 7.04. The third-order valence-electron chi connectivity index (χ3n) is 1.74. The van der Waals surface area contributed by atoms with Crippen LogP contribution in [0, 0.1) is 12.3 Å². The number of carbonyl (C=O) groups is 2. The van der Waals surface area contributed by atoms with E-state index in [2.05, 4.69) is 16.0 Å². The zero-order valence-corrected chi connectivity index (χ0v) is 12.2. The minimum absolute atomic E-state index is 0.144. The lowest BCUT2D eigenvalue weighted by atomic mass is 10.8. The van der Waals surface area contributed by atoms with Crippen LogP contribution in [0.3, 0.4) is 0 Å². The zero-order valence-electron chi connectivity index (χ0n) is 10.6. The van der Waals surface area contributed by atoms with Gasteiger partial charge in [0.05, 0.1) is 0 Å². The first-order chi connectivity index (χ1) is 8.99. The highest BCUT2D eigenvalue weighted by molar-refractivity contribution is 8.00. The number of hydrogen-bond acceptors (Lipinski definition) is 6. The van der Waals surface area contributed by atoms with Crippen LogP contribution < -0.4 is 4.80 Å². The molecule has 0 aliphatic rings. The molecule has 1 aromatic rings. The second-order valence-electron chi connectivity index (χ2n) is 3.31. The molecule has 0 atom stereocenters. The number of hydrogen-bond donors (Lipinski definition) is 0. The molecule has 2 amide bonds. The van der Waals surface area contributed by atoms with E-state index in [0.717, 1.165) is 16.0 Å². The standard InChI is InChI=1S/C10H12N4O3S2/c1-5-6-17-10(16)14-8(11-7(15)13(2)3)19-9(12-14)18-4/h1H,6H2,2-4H3. The maximum absolute atomic E-state index is 11.7. The van der Waals surface area contributed by atoms with E-state index in [4.69, 9.17) is 11.2 Å². The van der Waals surface area contributed by atoms with Gasteiger partial charge in [-0.25, -0.2) is 9.59 Å². The van der Waals surface area contributed by atoms with E-state index in [0.29, 0.717) is 4.34 Å². The Morgan fingerprint density at radius 3 is 2.84 bits per heavy atom. The van der Waals surface area contributed by atoms with E-state index in [9.17, 15) is 9.59 Å². The lowest BCUT2D eigenvalue weighted by Crippen LogP contribution is -2.29. The van der Waals surface area contributed by atoms with Crippen molar-refractivity contribution in [2.24, 2.45) is 4.99 Å². The maximum Gasteiger partial charge on any atom is 0.438 e. The predicted octanol–water partition coefficient (Wildman–Crippen LogP) is 0.867. The molecule has 0 aliphatic carbocycles. The van der Waals surface area contributed by atoms with Crippen molar-refractivity contribution in [2.45, 2.75) is 4.34 Å². The van der Waals surface area contributed by atoms with Crippen LogP contribution >= 0.6 is 23.1 Å². The highest BCUT2D eigenvalue weighted by Crippen LogP contribution is 2.13. The molecule has 19 heavy (non-hydrogen) atoms. The fourth-order valence-corrected chi connectivity index (χ4v) is 2.21. The quantitative estimate of drug-likeness (QED) is 0.598. The van der Waals surface area contributed by atoms with Gasteiger partial charge in [-0.3, -0.25) is 0 Å². The number of urea groups is 1. The summed E-state index contributed by atoms with van der Waals surface area (Å²) in [6.45, 7) is -0.168. The van der Waals surface area contributed by atoms with Gasteiger partial charge in [0, 0.05) is 14.1 Å². The van der Waals surface area contributed by atoms with Crippen molar-refractivity contribution in [3.63, 3.8) is 0 Å². The number of nitrogens with zero attached hydrogens (tertiary/aromatic N) is 4. The summed E-state index contributed by atoms with van der Waals surface area (Å²) in [5.41, 5.74) is 0. The van der Waals surface area contributed by atoms with Gasteiger partial charge in [0.15, 0.2) is 10.9 Å². The first-order valence-electron chi connectivity index (χ1n) is 5.00. The Bertz CT molecular complexity index is 582. The van der Waals surface area contributed by atoms with E-state index in [1.54, 1.807) is 20.4 Å². The molecule has 0 aromatic carbocycles. The Labute approximate surface area is 118 Å². The lowest BCUT2D eigenvalue weighted by molar-refractivity contribution is 0.157. The summed E-state index contributed by atoms with van der Waals surface area (Å²) < 4.78 is 6.27. The SMILES string of the molecule is C#CCOC(=O)n1nc(SC)sc1=NC(=O)N(C)C. The lowest BCUT2D eigenvalue weighted by Gasteiger charge is -2.04. The fourth-order valence-electron chi connectivity index (χ4n) is 0.884. The molecule has 1 aromatic heterocycles. The number of amides is 2. The fraction of sp³-hybridized carbons (Fsp3) is 0.400. The normalized spacial score (nSPS) is 10.9. The molecule has 102 valence electrons. The highest BCUT2D eigenvalue weighted by atomic mass is 32.2. The predicted molar refractivity (Wildman–Crippen MR) is 72.1 cm³/mol. The average Bonchev–Trinajstić information content (AvgIpc) is 2.78. The van der Waals surface area contributed by atoms with E-state index >= 15 is 0 Å². The second kappa shape index (κ2) is 6.96. The van der Waals surface area contributed by atoms with Crippen LogP contribution in [0.15, 0.2) is 9.33 Å². The number of ether oxygens (including phenoxy) is 1. The van der Waals surface area contributed by atoms with Crippen LogP contribution in [0.4, 0.5) is 9.59 Å². The maximum atomic E-state index is 11.7. The molecule has 0 saturated carbocycles. The molecule has 0 aliphatic heterocycles. The van der Waals surface area contributed by atoms with E-state index < -0.39 is 12.1 Å². The van der Waals surface area contributed by atoms with Crippen LogP contribution in [0.25, 0.3) is 0 Å². The van der Waals surface area contributed by atoms with Crippen LogP contribution in [0.2, 0.25) is 0 Å². The smallest absolute Gasteiger partial charge is 0.435 e. The molecule has 0 unspecified atom stereocenters. The topological polar surface area (TPSA) is 76.8 Å². The van der Waals surface area contributed by atoms with Gasteiger partial charge in [0.25, 0.3) is 0 Å². The summed E-state index contributed by atoms with van der Waals surface area (Å²) in [5, 5.41) is 3.98. The summed E-state index contributed by atoms with van der Waals surface area (Å²) in [5.74, 6) is 2.18. The Morgan fingerprint density at radius 1 is 1.63 bits per heavy atom. The Kier molecular flexibility index (Phi) is 5.59. The zero-order chi connectivity index (χ0) is 14.4. The third-order valence-corrected chi connectivity index (χ3v) is 3.63. The molecule has 7 nitrogen and oxygen atoms in total. The van der Waals surface area contributed by atoms with Crippen molar-refractivity contribution >= 4 is 35.2 Å². The molecule has 0 radical (unpaired) electrons. The van der Waals surface area contributed by atoms with Crippen molar-refractivity contribution in [2.75, 3.05) is 27.0 Å². The third kappa shape index (κ3) is 4.11. The van der Waals surface area contributed by atoms with Crippen molar-refractivity contribution in [1.82, 2.24) is 14.7 Å². The number of terminal acetylenes is 1. The molecule has 0 fully saturated rings. The summed E-state index contributed by atoms with van der Waals surface area (Å²) in [7, 11) is 3.12. The van der Waals surface area contributed by atoms with Crippen molar-refractivity contribution < 1.29 is 14.3 Å². The molecule has 1 heterocycles. The van der Waals surface area contributed by atoms with Crippen molar-refractivity contribution in [3.8, 4) is 12.3 Å². The first kappa shape index (κ1) is 15.3. The number of aromatic nitrogens is 2. The van der Waals surface area contributed by atoms with Crippen LogP contribution in [0.5, 0.6) is 0 Å². The minimum atomic E-state index is -0.764. The Morgan fingerprint density at radius 2 is 2.32 bits per heavy atom. The van der Waals surface area contributed by atoms with Gasteiger partial charge in [-0.1, -0.05) is 29.0 Å². The van der Waals surface area contributed by atoms with Gasteiger partial charge < -0.3 is 9.64 Å². The highest BCUT2D eigenvalue weighted by Gasteiger charge is 2.14. The van der Waals surface area contributed by atoms with Gasteiger partial charge in [-0.2, -0.15) is 4.99 Å². The van der Waals surface area contributed by atoms with E-state index in [1.807, 2.05) is 0 Å². The van der Waals surface area contributed by atoms with Crippen molar-refractivity contribution in [3.05, 3.63) is 4.80 Å². The molecule has 0 N–H and O–H groups in total. The Balaban J connectivity index is 3.17.